The molecule has 0 amide bonds. The lowest BCUT2D eigenvalue weighted by Crippen LogP contribution is -2.31. The number of hydrogen-bond acceptors (Lipinski definition) is 3. The summed E-state index contributed by atoms with van der Waals surface area (Å²) < 4.78 is 10.6. The summed E-state index contributed by atoms with van der Waals surface area (Å²) in [4.78, 5) is 0. The second-order valence-corrected chi connectivity index (χ2v) is 5.04. The molecule has 3 nitrogen and oxygen atoms in total. The van der Waals surface area contributed by atoms with Crippen LogP contribution in [0.1, 0.15) is 6.92 Å². The minimum atomic E-state index is -0.0309. The van der Waals surface area contributed by atoms with Crippen molar-refractivity contribution in [3.63, 3.8) is 0 Å². The third-order valence-electron chi connectivity index (χ3n) is 2.22. The Hall–Kier alpha value is -0.190. The summed E-state index contributed by atoms with van der Waals surface area (Å²) >= 11 is 17.8. The third kappa shape index (κ3) is 5.21. The monoisotopic (exact) mass is 311 g/mol. The van der Waals surface area contributed by atoms with Gasteiger partial charge in [0, 0.05) is 26.3 Å². The summed E-state index contributed by atoms with van der Waals surface area (Å²) in [5.74, 6) is 0.534. The van der Waals surface area contributed by atoms with Gasteiger partial charge in [-0.25, -0.2) is 0 Å². The van der Waals surface area contributed by atoms with Crippen LogP contribution in [0.4, 0.5) is 0 Å². The number of rotatable bonds is 7. The fourth-order valence-corrected chi connectivity index (χ4v) is 1.91. The molecule has 0 radical (unpaired) electrons. The highest BCUT2D eigenvalue weighted by Gasteiger charge is 2.10. The van der Waals surface area contributed by atoms with Crippen LogP contribution in [0.3, 0.4) is 0 Å². The Morgan fingerprint density at radius 2 is 1.83 bits per heavy atom. The summed E-state index contributed by atoms with van der Waals surface area (Å²) in [6.07, 6.45) is -0.0309. The molecular weight excluding hydrogens is 296 g/mol. The zero-order valence-electron chi connectivity index (χ0n) is 10.3. The maximum Gasteiger partial charge on any atom is 0.139 e. The van der Waals surface area contributed by atoms with Crippen LogP contribution in [0.2, 0.25) is 15.1 Å². The Labute approximate surface area is 122 Å². The average Bonchev–Trinajstić information content (AvgIpc) is 2.32. The van der Waals surface area contributed by atoms with E-state index >= 15 is 0 Å². The van der Waals surface area contributed by atoms with Crippen molar-refractivity contribution in [1.82, 2.24) is 5.32 Å². The predicted octanol–water partition coefficient (Wildman–Crippen LogP) is 3.65. The van der Waals surface area contributed by atoms with E-state index < -0.39 is 0 Å². The van der Waals surface area contributed by atoms with Crippen molar-refractivity contribution in [2.75, 3.05) is 26.8 Å². The van der Waals surface area contributed by atoms with Gasteiger partial charge < -0.3 is 14.8 Å². The molecule has 18 heavy (non-hydrogen) atoms. The molecular formula is C12H16Cl3NO2. The summed E-state index contributed by atoms with van der Waals surface area (Å²) in [5, 5.41) is 4.49. The number of methoxy groups -OCH3 is 1. The van der Waals surface area contributed by atoms with Crippen LogP contribution in [-0.2, 0) is 4.74 Å². The van der Waals surface area contributed by atoms with Gasteiger partial charge in [-0.2, -0.15) is 0 Å². The van der Waals surface area contributed by atoms with Crippen LogP contribution in [0, 0.1) is 0 Å². The number of benzene rings is 1. The molecule has 0 saturated carbocycles. The highest BCUT2D eigenvalue weighted by atomic mass is 35.5. The van der Waals surface area contributed by atoms with Crippen molar-refractivity contribution in [1.29, 1.82) is 0 Å². The molecule has 0 saturated heterocycles. The number of halogens is 3. The quantitative estimate of drug-likeness (QED) is 0.616. The standard InChI is InChI=1S/C12H16Cl3NO2/c1-8(7-16-3-4-17-2)18-12-6-10(14)9(13)5-11(12)15/h5-6,8,16H,3-4,7H2,1-2H3. The Bertz CT molecular complexity index is 388. The first-order valence-electron chi connectivity index (χ1n) is 5.55. The molecule has 1 atom stereocenters. The van der Waals surface area contributed by atoms with Crippen molar-refractivity contribution in [3.05, 3.63) is 27.2 Å². The molecule has 0 fully saturated rings. The average molecular weight is 313 g/mol. The van der Waals surface area contributed by atoms with E-state index in [-0.39, 0.29) is 6.10 Å². The van der Waals surface area contributed by atoms with E-state index in [1.165, 1.54) is 0 Å². The number of ether oxygens (including phenoxy) is 2. The Kier molecular flexibility index (Phi) is 7.12. The van der Waals surface area contributed by atoms with Crippen molar-refractivity contribution in [2.24, 2.45) is 0 Å². The summed E-state index contributed by atoms with van der Waals surface area (Å²) in [6.45, 7) is 4.08. The lowest BCUT2D eigenvalue weighted by molar-refractivity contribution is 0.184. The molecule has 102 valence electrons. The summed E-state index contributed by atoms with van der Waals surface area (Å²) in [7, 11) is 1.66. The fourth-order valence-electron chi connectivity index (χ4n) is 1.33. The second kappa shape index (κ2) is 8.08. The van der Waals surface area contributed by atoms with E-state index in [0.717, 1.165) is 6.54 Å². The van der Waals surface area contributed by atoms with Gasteiger partial charge in [-0.3, -0.25) is 0 Å². The lowest BCUT2D eigenvalue weighted by Gasteiger charge is -2.16. The molecule has 1 N–H and O–H groups in total. The Balaban J connectivity index is 2.48. The first-order chi connectivity index (χ1) is 8.54. The molecule has 0 aromatic heterocycles. The van der Waals surface area contributed by atoms with Gasteiger partial charge in [0.15, 0.2) is 0 Å². The van der Waals surface area contributed by atoms with Crippen molar-refractivity contribution in [3.8, 4) is 5.75 Å². The Morgan fingerprint density at radius 1 is 1.17 bits per heavy atom. The zero-order chi connectivity index (χ0) is 13.5. The zero-order valence-corrected chi connectivity index (χ0v) is 12.6. The van der Waals surface area contributed by atoms with E-state index in [2.05, 4.69) is 5.32 Å². The molecule has 1 aromatic carbocycles. The molecule has 0 aliphatic carbocycles. The van der Waals surface area contributed by atoms with Gasteiger partial charge in [0.1, 0.15) is 11.9 Å². The highest BCUT2D eigenvalue weighted by molar-refractivity contribution is 6.43. The van der Waals surface area contributed by atoms with Crippen LogP contribution >= 0.6 is 34.8 Å². The van der Waals surface area contributed by atoms with Crippen LogP contribution in [-0.4, -0.2) is 32.9 Å². The topological polar surface area (TPSA) is 30.5 Å². The lowest BCUT2D eigenvalue weighted by atomic mass is 10.3. The van der Waals surface area contributed by atoms with E-state index in [9.17, 15) is 0 Å². The normalized spacial score (nSPS) is 12.5. The first-order valence-corrected chi connectivity index (χ1v) is 6.68. The van der Waals surface area contributed by atoms with E-state index in [1.54, 1.807) is 19.2 Å². The molecule has 1 aromatic rings. The summed E-state index contributed by atoms with van der Waals surface area (Å²) in [6, 6.07) is 3.20. The fraction of sp³-hybridized carbons (Fsp3) is 0.500. The maximum absolute atomic E-state index is 6.02. The SMILES string of the molecule is COCCNCC(C)Oc1cc(Cl)c(Cl)cc1Cl. The Morgan fingerprint density at radius 3 is 2.50 bits per heavy atom. The predicted molar refractivity (Wildman–Crippen MR) is 76.3 cm³/mol. The van der Waals surface area contributed by atoms with E-state index in [1.807, 2.05) is 6.92 Å². The van der Waals surface area contributed by atoms with Crippen LogP contribution in [0.5, 0.6) is 5.75 Å². The van der Waals surface area contributed by atoms with E-state index in [4.69, 9.17) is 44.3 Å². The number of hydrogen-bond donors (Lipinski definition) is 1. The van der Waals surface area contributed by atoms with Crippen molar-refractivity contribution < 1.29 is 9.47 Å². The van der Waals surface area contributed by atoms with Gasteiger partial charge in [-0.05, 0) is 13.0 Å². The van der Waals surface area contributed by atoms with Gasteiger partial charge in [0.25, 0.3) is 0 Å². The van der Waals surface area contributed by atoms with Gasteiger partial charge in [0.05, 0.1) is 21.7 Å². The molecule has 0 bridgehead atoms. The molecule has 0 heterocycles. The van der Waals surface area contributed by atoms with Gasteiger partial charge in [-0.15, -0.1) is 0 Å². The van der Waals surface area contributed by atoms with Crippen LogP contribution < -0.4 is 10.1 Å². The van der Waals surface area contributed by atoms with Crippen LogP contribution in [0.25, 0.3) is 0 Å². The second-order valence-electron chi connectivity index (χ2n) is 3.82. The molecule has 1 rings (SSSR count). The molecule has 6 heteroatoms. The van der Waals surface area contributed by atoms with Crippen molar-refractivity contribution >= 4 is 34.8 Å². The first kappa shape index (κ1) is 15.9. The molecule has 1 unspecified atom stereocenters. The van der Waals surface area contributed by atoms with Crippen molar-refractivity contribution in [2.45, 2.75) is 13.0 Å². The van der Waals surface area contributed by atoms with Gasteiger partial charge in [-0.1, -0.05) is 34.8 Å². The highest BCUT2D eigenvalue weighted by Crippen LogP contribution is 2.34. The molecule has 0 spiro atoms. The molecule has 0 aliphatic rings. The van der Waals surface area contributed by atoms with Crippen LogP contribution in [0.15, 0.2) is 12.1 Å². The largest absolute Gasteiger partial charge is 0.488 e. The summed E-state index contributed by atoms with van der Waals surface area (Å²) in [5.41, 5.74) is 0. The van der Waals surface area contributed by atoms with Gasteiger partial charge in [0.2, 0.25) is 0 Å². The number of nitrogens with one attached hydrogen (secondary N) is 1. The minimum absolute atomic E-state index is 0.0309. The minimum Gasteiger partial charge on any atom is -0.488 e. The maximum atomic E-state index is 6.02. The third-order valence-corrected chi connectivity index (χ3v) is 3.24. The van der Waals surface area contributed by atoms with E-state index in [0.29, 0.717) is 34.0 Å². The smallest absolute Gasteiger partial charge is 0.139 e. The van der Waals surface area contributed by atoms with Gasteiger partial charge >= 0.3 is 0 Å². The molecule has 0 aliphatic heterocycles.